The average Bonchev–Trinajstić information content (AvgIpc) is 2.60. The molecule has 4 heteroatoms. The molecule has 0 spiro atoms. The van der Waals surface area contributed by atoms with Crippen LogP contribution in [0.5, 0.6) is 0 Å². The van der Waals surface area contributed by atoms with Crippen molar-refractivity contribution in [3.63, 3.8) is 0 Å². The highest BCUT2D eigenvalue weighted by atomic mass is 19.1. The van der Waals surface area contributed by atoms with Crippen LogP contribution in [-0.4, -0.2) is 22.7 Å². The molecule has 1 heterocycles. The van der Waals surface area contributed by atoms with Crippen molar-refractivity contribution in [3.8, 4) is 0 Å². The van der Waals surface area contributed by atoms with E-state index < -0.39 is 0 Å². The maximum absolute atomic E-state index is 12.9. The Labute approximate surface area is 86.7 Å². The first-order valence-corrected chi connectivity index (χ1v) is 4.82. The molecule has 1 atom stereocenters. The van der Waals surface area contributed by atoms with E-state index in [9.17, 15) is 4.39 Å². The van der Waals surface area contributed by atoms with Crippen molar-refractivity contribution in [2.24, 2.45) is 5.73 Å². The number of H-pyrrole nitrogens is 1. The summed E-state index contributed by atoms with van der Waals surface area (Å²) in [5.74, 6) is -0.262. The number of nitrogens with one attached hydrogen (secondary N) is 1. The quantitative estimate of drug-likeness (QED) is 0.709. The number of fused-ring (bicyclic) bond motifs is 1. The van der Waals surface area contributed by atoms with Gasteiger partial charge in [0, 0.05) is 23.1 Å². The van der Waals surface area contributed by atoms with Gasteiger partial charge in [-0.25, -0.2) is 4.39 Å². The van der Waals surface area contributed by atoms with Gasteiger partial charge in [-0.1, -0.05) is 0 Å². The van der Waals surface area contributed by atoms with E-state index in [1.807, 2.05) is 0 Å². The Kier molecular flexibility index (Phi) is 2.70. The van der Waals surface area contributed by atoms with Crippen LogP contribution in [0.25, 0.3) is 10.9 Å². The van der Waals surface area contributed by atoms with E-state index in [0.717, 1.165) is 16.5 Å². The van der Waals surface area contributed by atoms with Gasteiger partial charge in [-0.3, -0.25) is 0 Å². The van der Waals surface area contributed by atoms with E-state index >= 15 is 0 Å². The molecule has 0 saturated carbocycles. The monoisotopic (exact) mass is 208 g/mol. The minimum atomic E-state index is -0.269. The number of aromatic nitrogens is 1. The van der Waals surface area contributed by atoms with Crippen molar-refractivity contribution in [2.75, 3.05) is 6.61 Å². The van der Waals surface area contributed by atoms with Crippen molar-refractivity contribution >= 4 is 10.9 Å². The molecule has 2 aromatic rings. The fraction of sp³-hybridized carbons (Fsp3) is 0.273. The largest absolute Gasteiger partial charge is 0.395 e. The van der Waals surface area contributed by atoms with E-state index in [0.29, 0.717) is 6.42 Å². The summed E-state index contributed by atoms with van der Waals surface area (Å²) >= 11 is 0. The summed E-state index contributed by atoms with van der Waals surface area (Å²) in [4.78, 5) is 2.98. The number of nitrogens with two attached hydrogens (primary N) is 1. The highest BCUT2D eigenvalue weighted by Gasteiger charge is 2.08. The minimum absolute atomic E-state index is 0.0477. The second kappa shape index (κ2) is 4.00. The summed E-state index contributed by atoms with van der Waals surface area (Å²) in [5.41, 5.74) is 7.41. The molecule has 0 fully saturated rings. The molecule has 3 nitrogen and oxygen atoms in total. The Balaban J connectivity index is 2.36. The molecule has 0 aliphatic carbocycles. The SMILES string of the molecule is N[C@@H](CO)Cc1c[nH]c2cc(F)ccc12. The van der Waals surface area contributed by atoms with Crippen LogP contribution < -0.4 is 5.73 Å². The third-order valence-electron chi connectivity index (χ3n) is 2.45. The first kappa shape index (κ1) is 10.1. The summed E-state index contributed by atoms with van der Waals surface area (Å²) in [7, 11) is 0. The molecular formula is C11H13FN2O. The van der Waals surface area contributed by atoms with E-state index in [2.05, 4.69) is 4.98 Å². The van der Waals surface area contributed by atoms with Gasteiger partial charge in [0.05, 0.1) is 6.61 Å². The van der Waals surface area contributed by atoms with Crippen LogP contribution >= 0.6 is 0 Å². The number of hydrogen-bond donors (Lipinski definition) is 3. The number of halogens is 1. The Morgan fingerprint density at radius 1 is 1.47 bits per heavy atom. The molecule has 0 saturated heterocycles. The van der Waals surface area contributed by atoms with Gasteiger partial charge in [-0.05, 0) is 30.2 Å². The topological polar surface area (TPSA) is 62.0 Å². The number of benzene rings is 1. The molecule has 4 N–H and O–H groups in total. The third-order valence-corrected chi connectivity index (χ3v) is 2.45. The highest BCUT2D eigenvalue weighted by Crippen LogP contribution is 2.20. The minimum Gasteiger partial charge on any atom is -0.395 e. The van der Waals surface area contributed by atoms with Gasteiger partial charge < -0.3 is 15.8 Å². The third kappa shape index (κ3) is 2.00. The smallest absolute Gasteiger partial charge is 0.125 e. The van der Waals surface area contributed by atoms with Crippen LogP contribution in [0.2, 0.25) is 0 Å². The van der Waals surface area contributed by atoms with Gasteiger partial charge >= 0.3 is 0 Å². The first-order valence-electron chi connectivity index (χ1n) is 4.82. The predicted molar refractivity (Wildman–Crippen MR) is 57.0 cm³/mol. The molecule has 1 aromatic carbocycles. The molecule has 2 rings (SSSR count). The van der Waals surface area contributed by atoms with Gasteiger partial charge in [0.25, 0.3) is 0 Å². The summed E-state index contributed by atoms with van der Waals surface area (Å²) in [6.45, 7) is -0.0477. The van der Waals surface area contributed by atoms with Crippen LogP contribution in [0.3, 0.4) is 0 Å². The summed E-state index contributed by atoms with van der Waals surface area (Å²) < 4.78 is 12.9. The van der Waals surface area contributed by atoms with Gasteiger partial charge in [0.15, 0.2) is 0 Å². The second-order valence-corrected chi connectivity index (χ2v) is 3.65. The van der Waals surface area contributed by atoms with Gasteiger partial charge in [-0.15, -0.1) is 0 Å². The molecule has 0 unspecified atom stereocenters. The molecular weight excluding hydrogens is 195 g/mol. The Morgan fingerprint density at radius 3 is 3.00 bits per heavy atom. The van der Waals surface area contributed by atoms with Crippen molar-refractivity contribution < 1.29 is 9.50 Å². The molecule has 0 aliphatic rings. The van der Waals surface area contributed by atoms with Crippen molar-refractivity contribution in [1.29, 1.82) is 0 Å². The average molecular weight is 208 g/mol. The van der Waals surface area contributed by atoms with Crippen molar-refractivity contribution in [3.05, 3.63) is 35.8 Å². The zero-order valence-corrected chi connectivity index (χ0v) is 8.20. The number of aromatic amines is 1. The van der Waals surface area contributed by atoms with Gasteiger partial charge in [0.1, 0.15) is 5.82 Å². The molecule has 0 amide bonds. The number of hydrogen-bond acceptors (Lipinski definition) is 2. The normalized spacial score (nSPS) is 13.3. The highest BCUT2D eigenvalue weighted by molar-refractivity contribution is 5.83. The van der Waals surface area contributed by atoms with Crippen LogP contribution in [-0.2, 0) is 6.42 Å². The van der Waals surface area contributed by atoms with Crippen LogP contribution in [0.15, 0.2) is 24.4 Å². The Morgan fingerprint density at radius 2 is 2.27 bits per heavy atom. The van der Waals surface area contributed by atoms with Crippen LogP contribution in [0, 0.1) is 5.82 Å². The number of aliphatic hydroxyl groups is 1. The zero-order chi connectivity index (χ0) is 10.8. The first-order chi connectivity index (χ1) is 7.20. The van der Waals surface area contributed by atoms with Gasteiger partial charge in [-0.2, -0.15) is 0 Å². The van der Waals surface area contributed by atoms with E-state index in [4.69, 9.17) is 10.8 Å². The molecule has 0 bridgehead atoms. The van der Waals surface area contributed by atoms with Crippen molar-refractivity contribution in [1.82, 2.24) is 4.98 Å². The lowest BCUT2D eigenvalue weighted by atomic mass is 10.1. The summed E-state index contributed by atoms with van der Waals surface area (Å²) in [6, 6.07) is 4.32. The maximum Gasteiger partial charge on any atom is 0.125 e. The van der Waals surface area contributed by atoms with Gasteiger partial charge in [0.2, 0.25) is 0 Å². The van der Waals surface area contributed by atoms with Crippen molar-refractivity contribution in [2.45, 2.75) is 12.5 Å². The predicted octanol–water partition coefficient (Wildman–Crippen LogP) is 1.17. The summed E-state index contributed by atoms with van der Waals surface area (Å²) in [5, 5.41) is 9.81. The standard InChI is InChI=1S/C11H13FN2O/c12-8-1-2-10-7(3-9(13)6-15)5-14-11(10)4-8/h1-2,4-5,9,14-15H,3,6,13H2/t9-/m1/s1. The zero-order valence-electron chi connectivity index (χ0n) is 8.20. The van der Waals surface area contributed by atoms with E-state index in [1.165, 1.54) is 12.1 Å². The fourth-order valence-corrected chi connectivity index (χ4v) is 1.67. The number of rotatable bonds is 3. The second-order valence-electron chi connectivity index (χ2n) is 3.65. The lowest BCUT2D eigenvalue weighted by Crippen LogP contribution is -2.26. The molecule has 1 aromatic heterocycles. The Bertz CT molecular complexity index is 467. The number of aliphatic hydroxyl groups excluding tert-OH is 1. The molecule has 15 heavy (non-hydrogen) atoms. The molecule has 80 valence electrons. The maximum atomic E-state index is 12.9. The van der Waals surface area contributed by atoms with Crippen LogP contribution in [0.4, 0.5) is 4.39 Å². The van der Waals surface area contributed by atoms with Crippen LogP contribution in [0.1, 0.15) is 5.56 Å². The molecule has 0 aliphatic heterocycles. The fourth-order valence-electron chi connectivity index (χ4n) is 1.67. The molecule has 0 radical (unpaired) electrons. The summed E-state index contributed by atoms with van der Waals surface area (Å²) in [6.07, 6.45) is 2.39. The van der Waals surface area contributed by atoms with E-state index in [-0.39, 0.29) is 18.5 Å². The lowest BCUT2D eigenvalue weighted by Gasteiger charge is -2.06. The van der Waals surface area contributed by atoms with E-state index in [1.54, 1.807) is 12.3 Å². The Hall–Kier alpha value is -1.39. The lowest BCUT2D eigenvalue weighted by molar-refractivity contribution is 0.265.